The number of urea groups is 1. The largest absolute Gasteiger partial charge is 0.481 e. The quantitative estimate of drug-likeness (QED) is 0.588. The summed E-state index contributed by atoms with van der Waals surface area (Å²) in [5.74, 6) is 0.585. The standard InChI is InChI=1S/C18H17N5O5S/c1-10-8-14(27-2)21-17(20-10)22-18(24)23-29(25,26)13-5-3-4-11-6-7-12-9-19-28-16(12)15(11)13/h3-8,19H,9H2,1-2H3,(H2,20,21,22,23,24). The Kier molecular flexibility index (Phi) is 4.68. The van der Waals surface area contributed by atoms with Crippen LogP contribution in [0.2, 0.25) is 0 Å². The van der Waals surface area contributed by atoms with Gasteiger partial charge in [-0.15, -0.1) is 0 Å². The highest BCUT2D eigenvalue weighted by Crippen LogP contribution is 2.36. The first-order valence-electron chi connectivity index (χ1n) is 8.55. The molecule has 0 bridgehead atoms. The first-order valence-corrected chi connectivity index (χ1v) is 10.0. The molecular weight excluding hydrogens is 398 g/mol. The van der Waals surface area contributed by atoms with Crippen LogP contribution in [0.3, 0.4) is 0 Å². The van der Waals surface area contributed by atoms with E-state index in [4.69, 9.17) is 9.57 Å². The lowest BCUT2D eigenvalue weighted by molar-refractivity contribution is 0.226. The summed E-state index contributed by atoms with van der Waals surface area (Å²) in [6.07, 6.45) is 0. The van der Waals surface area contributed by atoms with Crippen molar-refractivity contribution < 1.29 is 22.8 Å². The maximum atomic E-state index is 12.9. The molecule has 2 amide bonds. The van der Waals surface area contributed by atoms with Gasteiger partial charge in [0.25, 0.3) is 10.0 Å². The number of fused-ring (bicyclic) bond motifs is 3. The van der Waals surface area contributed by atoms with E-state index in [-0.39, 0.29) is 16.7 Å². The van der Waals surface area contributed by atoms with E-state index in [2.05, 4.69) is 20.8 Å². The van der Waals surface area contributed by atoms with E-state index in [1.54, 1.807) is 31.2 Å². The zero-order valence-electron chi connectivity index (χ0n) is 15.5. The predicted molar refractivity (Wildman–Crippen MR) is 104 cm³/mol. The average Bonchev–Trinajstić information content (AvgIpc) is 3.15. The normalized spacial score (nSPS) is 12.9. The molecule has 0 saturated heterocycles. The van der Waals surface area contributed by atoms with Crippen LogP contribution in [0, 0.1) is 6.92 Å². The maximum Gasteiger partial charge on any atom is 0.335 e. The fourth-order valence-electron chi connectivity index (χ4n) is 3.03. The van der Waals surface area contributed by atoms with Gasteiger partial charge in [-0.1, -0.05) is 24.3 Å². The van der Waals surface area contributed by atoms with Crippen LogP contribution >= 0.6 is 0 Å². The minimum atomic E-state index is -4.21. The van der Waals surface area contributed by atoms with Gasteiger partial charge >= 0.3 is 6.03 Å². The molecule has 0 aliphatic carbocycles. The lowest BCUT2D eigenvalue weighted by Gasteiger charge is -2.12. The summed E-state index contributed by atoms with van der Waals surface area (Å²) in [6, 6.07) is 9.01. The van der Waals surface area contributed by atoms with Crippen molar-refractivity contribution in [1.29, 1.82) is 0 Å². The fraction of sp³-hybridized carbons (Fsp3) is 0.167. The third-order valence-corrected chi connectivity index (χ3v) is 5.63. The number of carbonyl (C=O) groups excluding carboxylic acids is 1. The molecule has 11 heteroatoms. The van der Waals surface area contributed by atoms with Crippen LogP contribution in [-0.2, 0) is 16.6 Å². The van der Waals surface area contributed by atoms with Gasteiger partial charge in [0, 0.05) is 22.7 Å². The number of aryl methyl sites for hydroxylation is 1. The molecule has 0 spiro atoms. The summed E-state index contributed by atoms with van der Waals surface area (Å²) in [7, 11) is -2.79. The first kappa shape index (κ1) is 18.9. The monoisotopic (exact) mass is 415 g/mol. The predicted octanol–water partition coefficient (Wildman–Crippen LogP) is 1.85. The minimum absolute atomic E-state index is 0.0755. The van der Waals surface area contributed by atoms with Crippen molar-refractivity contribution in [1.82, 2.24) is 20.2 Å². The van der Waals surface area contributed by atoms with Crippen molar-refractivity contribution in [3.8, 4) is 11.6 Å². The zero-order valence-corrected chi connectivity index (χ0v) is 16.3. The second-order valence-corrected chi connectivity index (χ2v) is 7.92. The van der Waals surface area contributed by atoms with Crippen molar-refractivity contribution in [2.45, 2.75) is 18.4 Å². The van der Waals surface area contributed by atoms with Crippen molar-refractivity contribution in [2.24, 2.45) is 0 Å². The molecule has 1 aromatic heterocycles. The third-order valence-electron chi connectivity index (χ3n) is 4.26. The molecule has 0 atom stereocenters. The van der Waals surface area contributed by atoms with Crippen molar-refractivity contribution in [3.05, 3.63) is 47.7 Å². The molecule has 0 radical (unpaired) electrons. The van der Waals surface area contributed by atoms with Crippen LogP contribution in [0.15, 0.2) is 41.3 Å². The molecular formula is C18H17N5O5S. The van der Waals surface area contributed by atoms with E-state index >= 15 is 0 Å². The molecule has 1 aliphatic heterocycles. The molecule has 3 aromatic rings. The van der Waals surface area contributed by atoms with Gasteiger partial charge < -0.3 is 9.57 Å². The number of ether oxygens (including phenoxy) is 1. The number of sulfonamides is 1. The Morgan fingerprint density at radius 2 is 2.07 bits per heavy atom. The molecule has 150 valence electrons. The van der Waals surface area contributed by atoms with E-state index in [1.165, 1.54) is 13.2 Å². The number of rotatable bonds is 4. The van der Waals surface area contributed by atoms with Gasteiger partial charge in [0.2, 0.25) is 11.8 Å². The fourth-order valence-corrected chi connectivity index (χ4v) is 4.17. The van der Waals surface area contributed by atoms with Gasteiger partial charge in [-0.05, 0) is 18.4 Å². The highest BCUT2D eigenvalue weighted by Gasteiger charge is 2.26. The summed E-state index contributed by atoms with van der Waals surface area (Å²) in [6.45, 7) is 2.15. The number of hydrogen-bond acceptors (Lipinski definition) is 8. The van der Waals surface area contributed by atoms with Crippen molar-refractivity contribution in [3.63, 3.8) is 0 Å². The van der Waals surface area contributed by atoms with Gasteiger partial charge in [0.05, 0.1) is 18.6 Å². The van der Waals surface area contributed by atoms with E-state index in [1.807, 2.05) is 10.8 Å². The molecule has 0 unspecified atom stereocenters. The van der Waals surface area contributed by atoms with Gasteiger partial charge in [-0.25, -0.2) is 22.9 Å². The van der Waals surface area contributed by atoms with Gasteiger partial charge in [0.1, 0.15) is 0 Å². The number of anilines is 1. The number of hydroxylamine groups is 1. The molecule has 0 fully saturated rings. The second kappa shape index (κ2) is 7.18. The van der Waals surface area contributed by atoms with Crippen molar-refractivity contribution in [2.75, 3.05) is 12.4 Å². The molecule has 4 rings (SSSR count). The SMILES string of the molecule is COc1cc(C)nc(NC(=O)NS(=O)(=O)c2cccc3ccc4c(c23)ONC4)n1. The maximum absolute atomic E-state index is 12.9. The minimum Gasteiger partial charge on any atom is -0.481 e. The highest BCUT2D eigenvalue weighted by molar-refractivity contribution is 7.90. The van der Waals surface area contributed by atoms with Crippen molar-refractivity contribution >= 4 is 32.8 Å². The summed E-state index contributed by atoms with van der Waals surface area (Å²) in [4.78, 5) is 25.7. The second-order valence-electron chi connectivity index (χ2n) is 6.27. The van der Waals surface area contributed by atoms with Crippen LogP contribution in [0.1, 0.15) is 11.3 Å². The Labute approximate surface area is 166 Å². The number of hydrogen-bond donors (Lipinski definition) is 3. The lowest BCUT2D eigenvalue weighted by Crippen LogP contribution is -2.35. The van der Waals surface area contributed by atoms with Crippen LogP contribution < -0.4 is 25.1 Å². The Morgan fingerprint density at radius 1 is 1.24 bits per heavy atom. The van der Waals surface area contributed by atoms with Gasteiger partial charge in [-0.2, -0.15) is 10.5 Å². The summed E-state index contributed by atoms with van der Waals surface area (Å²) >= 11 is 0. The molecule has 3 N–H and O–H groups in total. The number of carbonyl (C=O) groups is 1. The highest BCUT2D eigenvalue weighted by atomic mass is 32.2. The third kappa shape index (κ3) is 3.65. The smallest absolute Gasteiger partial charge is 0.335 e. The molecule has 2 heterocycles. The van der Waals surface area contributed by atoms with Crippen LogP contribution in [0.25, 0.3) is 10.8 Å². The average molecular weight is 415 g/mol. The van der Waals surface area contributed by atoms with E-state index in [0.29, 0.717) is 28.8 Å². The molecule has 29 heavy (non-hydrogen) atoms. The molecule has 10 nitrogen and oxygen atoms in total. The number of methoxy groups -OCH3 is 1. The Bertz CT molecular complexity index is 1230. The summed E-state index contributed by atoms with van der Waals surface area (Å²) < 4.78 is 32.9. The van der Waals surface area contributed by atoms with Crippen LogP contribution in [0.5, 0.6) is 11.6 Å². The van der Waals surface area contributed by atoms with Crippen LogP contribution in [0.4, 0.5) is 10.7 Å². The van der Waals surface area contributed by atoms with Gasteiger partial charge in [-0.3, -0.25) is 5.32 Å². The van der Waals surface area contributed by atoms with E-state index in [0.717, 1.165) is 5.56 Å². The topological polar surface area (TPSA) is 132 Å². The number of nitrogens with zero attached hydrogens (tertiary/aromatic N) is 2. The van der Waals surface area contributed by atoms with E-state index in [9.17, 15) is 13.2 Å². The number of amides is 2. The molecule has 1 aliphatic rings. The Balaban J connectivity index is 1.65. The van der Waals surface area contributed by atoms with Crippen LogP contribution in [-0.4, -0.2) is 31.5 Å². The number of aromatic nitrogens is 2. The number of benzene rings is 2. The lowest BCUT2D eigenvalue weighted by atomic mass is 10.1. The first-order chi connectivity index (χ1) is 13.9. The number of nitrogens with one attached hydrogen (secondary N) is 3. The molecule has 0 saturated carbocycles. The summed E-state index contributed by atoms with van der Waals surface area (Å²) in [5, 5.41) is 3.37. The van der Waals surface area contributed by atoms with Gasteiger partial charge in [0.15, 0.2) is 5.75 Å². The van der Waals surface area contributed by atoms with E-state index < -0.39 is 16.1 Å². The molecule has 2 aromatic carbocycles. The summed E-state index contributed by atoms with van der Waals surface area (Å²) in [5.41, 5.74) is 4.09. The zero-order chi connectivity index (χ0) is 20.6. The Hall–Kier alpha value is -3.44. The Morgan fingerprint density at radius 3 is 2.86 bits per heavy atom.